The lowest BCUT2D eigenvalue weighted by Gasteiger charge is -2.24. The van der Waals surface area contributed by atoms with Crippen molar-refractivity contribution in [1.29, 1.82) is 0 Å². The number of unbranched alkanes of at least 4 members (excludes halogenated alkanes) is 1. The van der Waals surface area contributed by atoms with E-state index < -0.39 is 0 Å². The maximum Gasteiger partial charge on any atom is 0.283 e. The Kier molecular flexibility index (Phi) is 7.19. The first-order valence-electron chi connectivity index (χ1n) is 9.70. The number of nitrogens with zero attached hydrogens (tertiary/aromatic N) is 3. The van der Waals surface area contributed by atoms with E-state index in [2.05, 4.69) is 53.6 Å². The Morgan fingerprint density at radius 3 is 2.61 bits per heavy atom. The van der Waals surface area contributed by atoms with Gasteiger partial charge in [-0.1, -0.05) is 32.4 Å². The SMILES string of the molecule is CCCCc1ccc(NC(=S)N(CCC)Cc2nnc(-c3ccco3)o2)cc1. The average molecular weight is 399 g/mol. The number of benzene rings is 1. The molecule has 1 N–H and O–H groups in total. The van der Waals surface area contributed by atoms with Gasteiger partial charge in [0.1, 0.15) is 0 Å². The zero-order valence-corrected chi connectivity index (χ0v) is 17.2. The number of rotatable bonds is 9. The van der Waals surface area contributed by atoms with E-state index in [-0.39, 0.29) is 0 Å². The highest BCUT2D eigenvalue weighted by Crippen LogP contribution is 2.19. The van der Waals surface area contributed by atoms with Gasteiger partial charge in [0.2, 0.25) is 5.89 Å². The Morgan fingerprint density at radius 2 is 1.93 bits per heavy atom. The van der Waals surface area contributed by atoms with Crippen molar-refractivity contribution >= 4 is 23.0 Å². The van der Waals surface area contributed by atoms with Crippen molar-refractivity contribution in [3.8, 4) is 11.7 Å². The van der Waals surface area contributed by atoms with E-state index in [1.54, 1.807) is 18.4 Å². The second-order valence-electron chi connectivity index (χ2n) is 6.63. The minimum absolute atomic E-state index is 0.373. The molecule has 28 heavy (non-hydrogen) atoms. The van der Waals surface area contributed by atoms with Crippen LogP contribution >= 0.6 is 12.2 Å². The van der Waals surface area contributed by atoms with Crippen molar-refractivity contribution in [1.82, 2.24) is 15.1 Å². The number of aromatic nitrogens is 2. The third-order valence-electron chi connectivity index (χ3n) is 4.33. The molecule has 0 spiro atoms. The summed E-state index contributed by atoms with van der Waals surface area (Å²) in [4.78, 5) is 2.03. The van der Waals surface area contributed by atoms with Crippen LogP contribution in [0.2, 0.25) is 0 Å². The summed E-state index contributed by atoms with van der Waals surface area (Å²) in [5.41, 5.74) is 2.33. The van der Waals surface area contributed by atoms with Gasteiger partial charge in [-0.15, -0.1) is 10.2 Å². The highest BCUT2D eigenvalue weighted by molar-refractivity contribution is 7.80. The van der Waals surface area contributed by atoms with Crippen molar-refractivity contribution < 1.29 is 8.83 Å². The molecule has 148 valence electrons. The van der Waals surface area contributed by atoms with Gasteiger partial charge in [0.15, 0.2) is 10.9 Å². The monoisotopic (exact) mass is 398 g/mol. The van der Waals surface area contributed by atoms with Crippen LogP contribution < -0.4 is 5.32 Å². The molecule has 2 heterocycles. The quantitative estimate of drug-likeness (QED) is 0.492. The summed E-state index contributed by atoms with van der Waals surface area (Å²) in [6.45, 7) is 5.55. The summed E-state index contributed by atoms with van der Waals surface area (Å²) < 4.78 is 11.0. The second-order valence-corrected chi connectivity index (χ2v) is 7.02. The Balaban J connectivity index is 1.62. The van der Waals surface area contributed by atoms with Crippen molar-refractivity contribution in [3.05, 3.63) is 54.1 Å². The Labute approximate surface area is 170 Å². The lowest BCUT2D eigenvalue weighted by molar-refractivity contribution is 0.357. The molecule has 7 heteroatoms. The van der Waals surface area contributed by atoms with E-state index in [4.69, 9.17) is 21.1 Å². The smallest absolute Gasteiger partial charge is 0.283 e. The molecule has 0 saturated carbocycles. The van der Waals surface area contributed by atoms with Crippen LogP contribution in [0.1, 0.15) is 44.6 Å². The Morgan fingerprint density at radius 1 is 1.11 bits per heavy atom. The zero-order chi connectivity index (χ0) is 19.8. The number of nitrogens with one attached hydrogen (secondary N) is 1. The van der Waals surface area contributed by atoms with Crippen LogP contribution in [0.3, 0.4) is 0 Å². The third-order valence-corrected chi connectivity index (χ3v) is 4.69. The maximum atomic E-state index is 5.71. The van der Waals surface area contributed by atoms with Crippen LogP contribution in [0.4, 0.5) is 5.69 Å². The summed E-state index contributed by atoms with van der Waals surface area (Å²) in [6, 6.07) is 12.0. The molecule has 3 aromatic rings. The van der Waals surface area contributed by atoms with Crippen LogP contribution in [-0.4, -0.2) is 26.8 Å². The van der Waals surface area contributed by atoms with Crippen molar-refractivity contribution in [3.63, 3.8) is 0 Å². The van der Waals surface area contributed by atoms with E-state index in [1.165, 1.54) is 18.4 Å². The summed E-state index contributed by atoms with van der Waals surface area (Å²) in [5.74, 6) is 1.43. The molecule has 0 unspecified atom stereocenters. The fourth-order valence-corrected chi connectivity index (χ4v) is 3.11. The van der Waals surface area contributed by atoms with Crippen LogP contribution in [0.25, 0.3) is 11.7 Å². The number of anilines is 1. The molecule has 2 aromatic heterocycles. The summed E-state index contributed by atoms with van der Waals surface area (Å²) >= 11 is 5.62. The van der Waals surface area contributed by atoms with E-state index in [9.17, 15) is 0 Å². The number of thiocarbonyl (C=S) groups is 1. The highest BCUT2D eigenvalue weighted by atomic mass is 32.1. The Hall–Kier alpha value is -2.67. The first-order chi connectivity index (χ1) is 13.7. The van der Waals surface area contributed by atoms with Crippen LogP contribution in [-0.2, 0) is 13.0 Å². The molecular weight excluding hydrogens is 372 g/mol. The fraction of sp³-hybridized carbons (Fsp3) is 0.381. The standard InChI is InChI=1S/C21H26N4O2S/c1-3-5-7-16-9-11-17(12-10-16)22-21(28)25(13-4-2)15-19-23-24-20(27-19)18-8-6-14-26-18/h6,8-12,14H,3-5,7,13,15H2,1-2H3,(H,22,28). The summed E-state index contributed by atoms with van der Waals surface area (Å²) in [5, 5.41) is 12.1. The predicted molar refractivity (Wildman–Crippen MR) is 114 cm³/mol. The van der Waals surface area contributed by atoms with Gasteiger partial charge in [0, 0.05) is 12.2 Å². The molecule has 3 rings (SSSR count). The van der Waals surface area contributed by atoms with Gasteiger partial charge in [-0.05, 0) is 61.3 Å². The zero-order valence-electron chi connectivity index (χ0n) is 16.4. The second kappa shape index (κ2) is 10.0. The molecule has 0 fully saturated rings. The van der Waals surface area contributed by atoms with E-state index in [0.717, 1.165) is 25.1 Å². The molecule has 0 amide bonds. The van der Waals surface area contributed by atoms with Crippen molar-refractivity contribution in [2.24, 2.45) is 0 Å². The first-order valence-corrected chi connectivity index (χ1v) is 10.1. The first kappa shape index (κ1) is 20.1. The molecule has 0 aliphatic carbocycles. The molecule has 6 nitrogen and oxygen atoms in total. The third kappa shape index (κ3) is 5.42. The number of hydrogen-bond acceptors (Lipinski definition) is 5. The van der Waals surface area contributed by atoms with Gasteiger partial charge in [-0.25, -0.2) is 0 Å². The van der Waals surface area contributed by atoms with Crippen molar-refractivity contribution in [2.45, 2.75) is 46.1 Å². The average Bonchev–Trinajstić information content (AvgIpc) is 3.39. The predicted octanol–water partition coefficient (Wildman–Crippen LogP) is 5.28. The Bertz CT molecular complexity index is 859. The largest absolute Gasteiger partial charge is 0.459 e. The fourth-order valence-electron chi connectivity index (χ4n) is 2.84. The molecule has 0 radical (unpaired) electrons. The van der Waals surface area contributed by atoms with Crippen molar-refractivity contribution in [2.75, 3.05) is 11.9 Å². The molecule has 0 aliphatic rings. The van der Waals surface area contributed by atoms with Gasteiger partial charge in [-0.3, -0.25) is 0 Å². The van der Waals surface area contributed by atoms with Gasteiger partial charge in [0.25, 0.3) is 5.89 Å². The minimum atomic E-state index is 0.373. The van der Waals surface area contributed by atoms with Gasteiger partial charge in [0.05, 0.1) is 12.8 Å². The van der Waals surface area contributed by atoms with Crippen LogP contribution in [0.5, 0.6) is 0 Å². The molecule has 0 aliphatic heterocycles. The number of hydrogen-bond donors (Lipinski definition) is 1. The maximum absolute atomic E-state index is 5.71. The van der Waals surface area contributed by atoms with Gasteiger partial charge < -0.3 is 19.1 Å². The van der Waals surface area contributed by atoms with E-state index in [1.807, 2.05) is 4.90 Å². The van der Waals surface area contributed by atoms with Crippen LogP contribution in [0, 0.1) is 0 Å². The van der Waals surface area contributed by atoms with Gasteiger partial charge >= 0.3 is 0 Å². The molecule has 0 atom stereocenters. The molecular formula is C21H26N4O2S. The molecule has 0 bridgehead atoms. The highest BCUT2D eigenvalue weighted by Gasteiger charge is 2.16. The van der Waals surface area contributed by atoms with Gasteiger partial charge in [-0.2, -0.15) is 0 Å². The molecule has 0 saturated heterocycles. The van der Waals surface area contributed by atoms with E-state index >= 15 is 0 Å². The summed E-state index contributed by atoms with van der Waals surface area (Å²) in [7, 11) is 0. The summed E-state index contributed by atoms with van der Waals surface area (Å²) in [6.07, 6.45) is 6.05. The van der Waals surface area contributed by atoms with E-state index in [0.29, 0.717) is 29.2 Å². The number of furan rings is 1. The normalized spacial score (nSPS) is 10.8. The topological polar surface area (TPSA) is 67.3 Å². The lowest BCUT2D eigenvalue weighted by atomic mass is 10.1. The minimum Gasteiger partial charge on any atom is -0.459 e. The molecule has 1 aromatic carbocycles. The lowest BCUT2D eigenvalue weighted by Crippen LogP contribution is -2.35. The number of aryl methyl sites for hydroxylation is 1. The van der Waals surface area contributed by atoms with Crippen LogP contribution in [0.15, 0.2) is 51.5 Å².